The molecule has 0 aliphatic rings. The Balaban J connectivity index is 0.00000729. The van der Waals surface area contributed by atoms with E-state index in [0.717, 1.165) is 25.2 Å². The molecule has 0 saturated carbocycles. The number of halogens is 1. The van der Waals surface area contributed by atoms with Crippen LogP contribution in [0.5, 0.6) is 0 Å². The maximum Gasteiger partial charge on any atom is 0.251 e. The van der Waals surface area contributed by atoms with E-state index in [1.807, 2.05) is 44.7 Å². The molecule has 0 unspecified atom stereocenters. The number of hydrogen-bond donors (Lipinski definition) is 3. The maximum absolute atomic E-state index is 12.1. The summed E-state index contributed by atoms with van der Waals surface area (Å²) in [6.45, 7) is 11.7. The second kappa shape index (κ2) is 15.1. The number of guanidine groups is 1. The Labute approximate surface area is 185 Å². The molecule has 2 amide bonds. The zero-order chi connectivity index (χ0) is 20.1. The lowest BCUT2D eigenvalue weighted by atomic mass is 10.1. The van der Waals surface area contributed by atoms with E-state index >= 15 is 0 Å². The first kappa shape index (κ1) is 26.2. The van der Waals surface area contributed by atoms with E-state index in [-0.39, 0.29) is 35.8 Å². The molecule has 8 heteroatoms. The lowest BCUT2D eigenvalue weighted by molar-refractivity contribution is -0.130. The second-order valence-electron chi connectivity index (χ2n) is 5.99. The van der Waals surface area contributed by atoms with E-state index in [2.05, 4.69) is 20.9 Å². The second-order valence-corrected chi connectivity index (χ2v) is 5.99. The SMILES string of the molecule is CCNC(=O)c1ccc(CN=C(NCC)NCCC(=O)N(CC)CC)cc1.I. The van der Waals surface area contributed by atoms with Gasteiger partial charge in [0.25, 0.3) is 5.91 Å². The average Bonchev–Trinajstić information content (AvgIpc) is 2.67. The average molecular weight is 503 g/mol. The molecule has 28 heavy (non-hydrogen) atoms. The first-order chi connectivity index (χ1) is 13.0. The van der Waals surface area contributed by atoms with Crippen LogP contribution in [-0.4, -0.2) is 55.4 Å². The summed E-state index contributed by atoms with van der Waals surface area (Å²) in [6, 6.07) is 7.42. The van der Waals surface area contributed by atoms with Gasteiger partial charge in [-0.3, -0.25) is 9.59 Å². The fourth-order valence-electron chi connectivity index (χ4n) is 2.56. The molecule has 158 valence electrons. The standard InChI is InChI=1S/C20H33N5O2.HI/c1-5-21-19(27)17-11-9-16(10-12-17)15-24-20(22-6-2)23-14-13-18(26)25(7-3)8-4;/h9-12H,5-8,13-15H2,1-4H3,(H,21,27)(H2,22,23,24);1H. The number of nitrogens with one attached hydrogen (secondary N) is 3. The van der Waals surface area contributed by atoms with Crippen molar-refractivity contribution >= 4 is 41.8 Å². The number of hydrogen-bond acceptors (Lipinski definition) is 3. The number of benzene rings is 1. The summed E-state index contributed by atoms with van der Waals surface area (Å²) in [5, 5.41) is 9.16. The Morgan fingerprint density at radius 1 is 0.929 bits per heavy atom. The number of nitrogens with zero attached hydrogens (tertiary/aromatic N) is 2. The topological polar surface area (TPSA) is 85.8 Å². The van der Waals surface area contributed by atoms with Crippen LogP contribution in [0.4, 0.5) is 0 Å². The minimum atomic E-state index is -0.0690. The van der Waals surface area contributed by atoms with E-state index in [0.29, 0.717) is 37.6 Å². The van der Waals surface area contributed by atoms with Gasteiger partial charge < -0.3 is 20.9 Å². The molecule has 3 N–H and O–H groups in total. The van der Waals surface area contributed by atoms with Gasteiger partial charge >= 0.3 is 0 Å². The molecule has 0 spiro atoms. The minimum absolute atomic E-state index is 0. The van der Waals surface area contributed by atoms with E-state index < -0.39 is 0 Å². The third kappa shape index (κ3) is 9.38. The molecule has 0 aliphatic carbocycles. The van der Waals surface area contributed by atoms with Gasteiger partial charge in [0.2, 0.25) is 5.91 Å². The lowest BCUT2D eigenvalue weighted by Gasteiger charge is -2.19. The molecule has 0 aromatic heterocycles. The van der Waals surface area contributed by atoms with Crippen molar-refractivity contribution in [2.24, 2.45) is 4.99 Å². The molecule has 0 fully saturated rings. The Kier molecular flexibility index (Phi) is 14.1. The molecule has 7 nitrogen and oxygen atoms in total. The van der Waals surface area contributed by atoms with E-state index in [1.165, 1.54) is 0 Å². The first-order valence-electron chi connectivity index (χ1n) is 9.72. The highest BCUT2D eigenvalue weighted by molar-refractivity contribution is 14.0. The van der Waals surface area contributed by atoms with Gasteiger partial charge in [-0.1, -0.05) is 12.1 Å². The molecule has 1 rings (SSSR count). The molecule has 0 saturated heterocycles. The summed E-state index contributed by atoms with van der Waals surface area (Å²) in [4.78, 5) is 30.2. The zero-order valence-corrected chi connectivity index (χ0v) is 19.7. The quantitative estimate of drug-likeness (QED) is 0.260. The van der Waals surface area contributed by atoms with Gasteiger partial charge in [-0.15, -0.1) is 24.0 Å². The van der Waals surface area contributed by atoms with Crippen LogP contribution in [0.3, 0.4) is 0 Å². The zero-order valence-electron chi connectivity index (χ0n) is 17.4. The van der Waals surface area contributed by atoms with E-state index in [9.17, 15) is 9.59 Å². The first-order valence-corrected chi connectivity index (χ1v) is 9.72. The van der Waals surface area contributed by atoms with Gasteiger partial charge in [-0.25, -0.2) is 4.99 Å². The van der Waals surface area contributed by atoms with Crippen molar-refractivity contribution in [3.8, 4) is 0 Å². The van der Waals surface area contributed by atoms with Crippen LogP contribution in [0, 0.1) is 0 Å². The van der Waals surface area contributed by atoms with Crippen molar-refractivity contribution < 1.29 is 9.59 Å². The maximum atomic E-state index is 12.1. The van der Waals surface area contributed by atoms with Gasteiger partial charge in [0, 0.05) is 44.7 Å². The van der Waals surface area contributed by atoms with Crippen LogP contribution in [0.25, 0.3) is 0 Å². The van der Waals surface area contributed by atoms with Gasteiger partial charge in [-0.2, -0.15) is 0 Å². The summed E-state index contributed by atoms with van der Waals surface area (Å²) >= 11 is 0. The number of aliphatic imine (C=N–C) groups is 1. The van der Waals surface area contributed by atoms with Gasteiger partial charge in [0.15, 0.2) is 5.96 Å². The van der Waals surface area contributed by atoms with E-state index in [1.54, 1.807) is 12.1 Å². The summed E-state index contributed by atoms with van der Waals surface area (Å²) in [5.41, 5.74) is 1.66. The molecule has 0 bridgehead atoms. The van der Waals surface area contributed by atoms with Crippen LogP contribution in [-0.2, 0) is 11.3 Å². The number of amides is 2. The summed E-state index contributed by atoms with van der Waals surface area (Å²) in [5.74, 6) is 0.752. The largest absolute Gasteiger partial charge is 0.357 e. The smallest absolute Gasteiger partial charge is 0.251 e. The van der Waals surface area contributed by atoms with Gasteiger partial charge in [0.1, 0.15) is 0 Å². The van der Waals surface area contributed by atoms with E-state index in [4.69, 9.17) is 0 Å². The third-order valence-corrected chi connectivity index (χ3v) is 4.06. The fraction of sp³-hybridized carbons (Fsp3) is 0.550. The summed E-state index contributed by atoms with van der Waals surface area (Å²) in [7, 11) is 0. The highest BCUT2D eigenvalue weighted by atomic mass is 127. The van der Waals surface area contributed by atoms with Gasteiger partial charge in [-0.05, 0) is 45.4 Å². The Bertz CT molecular complexity index is 616. The summed E-state index contributed by atoms with van der Waals surface area (Å²) < 4.78 is 0. The normalized spacial score (nSPS) is 10.6. The van der Waals surface area contributed by atoms with Crippen LogP contribution in [0.1, 0.15) is 50.0 Å². The Morgan fingerprint density at radius 3 is 2.07 bits per heavy atom. The Morgan fingerprint density at radius 2 is 1.54 bits per heavy atom. The van der Waals surface area contributed by atoms with Gasteiger partial charge in [0.05, 0.1) is 6.54 Å². The minimum Gasteiger partial charge on any atom is -0.357 e. The van der Waals surface area contributed by atoms with Crippen molar-refractivity contribution in [1.29, 1.82) is 0 Å². The predicted molar refractivity (Wildman–Crippen MR) is 125 cm³/mol. The third-order valence-electron chi connectivity index (χ3n) is 4.06. The molecular weight excluding hydrogens is 469 g/mol. The van der Waals surface area contributed by atoms with Crippen LogP contribution < -0.4 is 16.0 Å². The lowest BCUT2D eigenvalue weighted by Crippen LogP contribution is -2.40. The molecule has 0 heterocycles. The molecule has 0 atom stereocenters. The molecule has 1 aromatic rings. The van der Waals surface area contributed by atoms with Crippen LogP contribution in [0.2, 0.25) is 0 Å². The van der Waals surface area contributed by atoms with Crippen molar-refractivity contribution in [2.45, 2.75) is 40.7 Å². The monoisotopic (exact) mass is 503 g/mol. The van der Waals surface area contributed by atoms with Crippen LogP contribution in [0.15, 0.2) is 29.3 Å². The number of carbonyl (C=O) groups excluding carboxylic acids is 2. The predicted octanol–water partition coefficient (Wildman–Crippen LogP) is 2.37. The fourth-order valence-corrected chi connectivity index (χ4v) is 2.56. The van der Waals surface area contributed by atoms with Crippen molar-refractivity contribution in [1.82, 2.24) is 20.9 Å². The van der Waals surface area contributed by atoms with Crippen molar-refractivity contribution in [3.05, 3.63) is 35.4 Å². The van der Waals surface area contributed by atoms with Crippen molar-refractivity contribution in [3.63, 3.8) is 0 Å². The number of carbonyl (C=O) groups is 2. The highest BCUT2D eigenvalue weighted by Crippen LogP contribution is 2.06. The molecule has 0 radical (unpaired) electrons. The number of rotatable bonds is 10. The highest BCUT2D eigenvalue weighted by Gasteiger charge is 2.09. The molecular formula is C20H34IN5O2. The summed E-state index contributed by atoms with van der Waals surface area (Å²) in [6.07, 6.45) is 0.438. The van der Waals surface area contributed by atoms with Crippen LogP contribution >= 0.6 is 24.0 Å². The Hall–Kier alpha value is -1.84. The molecule has 0 aliphatic heterocycles. The molecule has 1 aromatic carbocycles. The van der Waals surface area contributed by atoms with Crippen molar-refractivity contribution in [2.75, 3.05) is 32.7 Å².